The van der Waals surface area contributed by atoms with Gasteiger partial charge in [0.05, 0.1) is 24.9 Å². The fourth-order valence-electron chi connectivity index (χ4n) is 3.17. The van der Waals surface area contributed by atoms with Crippen molar-refractivity contribution in [1.82, 2.24) is 9.47 Å². The van der Waals surface area contributed by atoms with Gasteiger partial charge in [-0.2, -0.15) is 5.26 Å². The van der Waals surface area contributed by atoms with Gasteiger partial charge in [-0.3, -0.25) is 9.69 Å². The van der Waals surface area contributed by atoms with Gasteiger partial charge in [0.15, 0.2) is 0 Å². The van der Waals surface area contributed by atoms with E-state index in [-0.39, 0.29) is 12.5 Å². The third kappa shape index (κ3) is 4.19. The van der Waals surface area contributed by atoms with Crippen LogP contribution >= 0.6 is 11.3 Å². The maximum Gasteiger partial charge on any atom is 0.239 e. The average molecular weight is 397 g/mol. The highest BCUT2D eigenvalue weighted by Gasteiger charge is 2.21. The minimum absolute atomic E-state index is 0.147. The predicted molar refractivity (Wildman–Crippen MR) is 110 cm³/mol. The summed E-state index contributed by atoms with van der Waals surface area (Å²) in [7, 11) is 1.92. The number of carbonyl (C=O) groups excluding carboxylic acids is 1. The summed E-state index contributed by atoms with van der Waals surface area (Å²) in [4.78, 5) is 15.9. The highest BCUT2D eigenvalue weighted by atomic mass is 32.1. The smallest absolute Gasteiger partial charge is 0.239 e. The van der Waals surface area contributed by atoms with Gasteiger partial charge in [0, 0.05) is 17.1 Å². The van der Waals surface area contributed by atoms with Crippen molar-refractivity contribution >= 4 is 23.1 Å². The van der Waals surface area contributed by atoms with Crippen LogP contribution in [0.3, 0.4) is 0 Å². The summed E-state index contributed by atoms with van der Waals surface area (Å²) in [6, 6.07) is 8.02. The lowest BCUT2D eigenvalue weighted by Crippen LogP contribution is -2.30. The topological polar surface area (TPSA) is 74.2 Å². The number of nitrogens with one attached hydrogen (secondary N) is 1. The summed E-state index contributed by atoms with van der Waals surface area (Å²) < 4.78 is 7.37. The van der Waals surface area contributed by atoms with E-state index >= 15 is 0 Å². The van der Waals surface area contributed by atoms with E-state index in [9.17, 15) is 10.1 Å². The molecule has 0 saturated carbocycles. The first-order chi connectivity index (χ1) is 13.4. The molecule has 3 heterocycles. The number of hydrogen-bond donors (Lipinski definition) is 1. The Hall–Kier alpha value is -2.82. The van der Waals surface area contributed by atoms with Gasteiger partial charge < -0.3 is 14.3 Å². The van der Waals surface area contributed by atoms with Gasteiger partial charge in [0.1, 0.15) is 17.6 Å². The predicted octanol–water partition coefficient (Wildman–Crippen LogP) is 4.06. The number of hydrogen-bond acceptors (Lipinski definition) is 5. The average Bonchev–Trinajstić information content (AvgIpc) is 3.34. The molecule has 6 nitrogen and oxygen atoms in total. The summed E-state index contributed by atoms with van der Waals surface area (Å²) in [6.07, 6.45) is 1.62. The molecular weight excluding hydrogens is 372 g/mol. The third-order valence-electron chi connectivity index (χ3n) is 4.89. The number of carbonyl (C=O) groups is 1. The van der Waals surface area contributed by atoms with Crippen LogP contribution in [0.4, 0.5) is 5.82 Å². The van der Waals surface area contributed by atoms with Crippen molar-refractivity contribution in [1.29, 1.82) is 5.26 Å². The molecule has 3 aromatic rings. The van der Waals surface area contributed by atoms with E-state index < -0.39 is 0 Å². The Balaban J connectivity index is 1.77. The Morgan fingerprint density at radius 2 is 2.14 bits per heavy atom. The number of nitrogens with zero attached hydrogens (tertiary/aromatic N) is 3. The summed E-state index contributed by atoms with van der Waals surface area (Å²) in [5.41, 5.74) is 3.54. The van der Waals surface area contributed by atoms with Crippen molar-refractivity contribution in [3.8, 4) is 6.07 Å². The number of anilines is 1. The van der Waals surface area contributed by atoms with Crippen molar-refractivity contribution in [3.63, 3.8) is 0 Å². The van der Waals surface area contributed by atoms with Crippen molar-refractivity contribution in [2.24, 2.45) is 0 Å². The van der Waals surface area contributed by atoms with Crippen LogP contribution in [0.5, 0.6) is 0 Å². The first-order valence-corrected chi connectivity index (χ1v) is 9.92. The standard InChI is InChI=1S/C21H24N4O2S/c1-14-7-9-28-19(14)12-24(4)13-20(26)23-21-18(10-22)15(2)16(3)25(21)11-17-6-5-8-27-17/h5-9H,11-13H2,1-4H3,(H,23,26). The molecule has 3 rings (SSSR count). The Bertz CT molecular complexity index is 1010. The van der Waals surface area contributed by atoms with Crippen LogP contribution in [-0.4, -0.2) is 29.0 Å². The molecule has 3 aromatic heterocycles. The van der Waals surface area contributed by atoms with Crippen LogP contribution in [0.25, 0.3) is 0 Å². The molecule has 0 spiro atoms. The second-order valence-corrected chi connectivity index (χ2v) is 7.96. The Morgan fingerprint density at radius 3 is 2.75 bits per heavy atom. The number of thiophene rings is 1. The minimum atomic E-state index is -0.147. The number of nitriles is 1. The second kappa shape index (κ2) is 8.46. The zero-order valence-corrected chi connectivity index (χ0v) is 17.4. The quantitative estimate of drug-likeness (QED) is 0.654. The summed E-state index contributed by atoms with van der Waals surface area (Å²) in [6.45, 7) is 7.33. The van der Waals surface area contributed by atoms with E-state index in [0.29, 0.717) is 24.5 Å². The maximum absolute atomic E-state index is 12.7. The van der Waals surface area contributed by atoms with Crippen molar-refractivity contribution in [2.45, 2.75) is 33.9 Å². The van der Waals surface area contributed by atoms with Gasteiger partial charge in [-0.05, 0) is 62.5 Å². The largest absolute Gasteiger partial charge is 0.467 e. The van der Waals surface area contributed by atoms with E-state index in [1.54, 1.807) is 17.6 Å². The highest BCUT2D eigenvalue weighted by Crippen LogP contribution is 2.27. The molecule has 0 radical (unpaired) electrons. The van der Waals surface area contributed by atoms with Crippen molar-refractivity contribution < 1.29 is 9.21 Å². The number of furan rings is 1. The van der Waals surface area contributed by atoms with Crippen molar-refractivity contribution in [2.75, 3.05) is 18.9 Å². The molecule has 0 aliphatic heterocycles. The Kier molecular flexibility index (Phi) is 6.02. The second-order valence-electron chi connectivity index (χ2n) is 6.96. The lowest BCUT2D eigenvalue weighted by Gasteiger charge is -2.17. The molecule has 0 fully saturated rings. The molecular formula is C21H24N4O2S. The van der Waals surface area contributed by atoms with E-state index in [2.05, 4.69) is 29.8 Å². The van der Waals surface area contributed by atoms with Gasteiger partial charge in [-0.1, -0.05) is 0 Å². The number of likely N-dealkylation sites (N-methyl/N-ethyl adjacent to an activating group) is 1. The van der Waals surface area contributed by atoms with E-state index in [4.69, 9.17) is 4.42 Å². The fraction of sp³-hybridized carbons (Fsp3) is 0.333. The van der Waals surface area contributed by atoms with Gasteiger partial charge in [0.2, 0.25) is 5.91 Å². The molecule has 0 aromatic carbocycles. The molecule has 0 atom stereocenters. The van der Waals surface area contributed by atoms with Crippen LogP contribution < -0.4 is 5.32 Å². The first kappa shape index (κ1) is 19.9. The van der Waals surface area contributed by atoms with Crippen LogP contribution in [0.1, 0.15) is 33.0 Å². The van der Waals surface area contributed by atoms with Crippen LogP contribution in [0, 0.1) is 32.1 Å². The molecule has 0 aliphatic rings. The molecule has 1 amide bonds. The molecule has 28 heavy (non-hydrogen) atoms. The number of amides is 1. The molecule has 0 unspecified atom stereocenters. The number of aryl methyl sites for hydroxylation is 1. The molecule has 1 N–H and O–H groups in total. The fourth-order valence-corrected chi connectivity index (χ4v) is 4.16. The van der Waals surface area contributed by atoms with Crippen molar-refractivity contribution in [3.05, 3.63) is 62.9 Å². The monoisotopic (exact) mass is 396 g/mol. The molecule has 146 valence electrons. The Labute approximate surface area is 169 Å². The van der Waals surface area contributed by atoms with Crippen LogP contribution in [0.15, 0.2) is 34.3 Å². The Morgan fingerprint density at radius 1 is 1.36 bits per heavy atom. The summed E-state index contributed by atoms with van der Waals surface area (Å²) in [5, 5.41) is 14.6. The normalized spacial score (nSPS) is 11.0. The van der Waals surface area contributed by atoms with Gasteiger partial charge in [0.25, 0.3) is 0 Å². The highest BCUT2D eigenvalue weighted by molar-refractivity contribution is 7.10. The molecule has 0 saturated heterocycles. The summed E-state index contributed by atoms with van der Waals surface area (Å²) >= 11 is 1.69. The van der Waals surface area contributed by atoms with Gasteiger partial charge in [-0.25, -0.2) is 0 Å². The van der Waals surface area contributed by atoms with Gasteiger partial charge in [-0.15, -0.1) is 11.3 Å². The van der Waals surface area contributed by atoms with Crippen LogP contribution in [0.2, 0.25) is 0 Å². The lowest BCUT2D eigenvalue weighted by molar-refractivity contribution is -0.117. The minimum Gasteiger partial charge on any atom is -0.467 e. The SMILES string of the molecule is Cc1ccsc1CN(C)CC(=O)Nc1c(C#N)c(C)c(C)n1Cc1ccco1. The third-order valence-corrected chi connectivity index (χ3v) is 5.90. The number of aromatic nitrogens is 1. The van der Waals surface area contributed by atoms with Crippen LogP contribution in [-0.2, 0) is 17.9 Å². The first-order valence-electron chi connectivity index (χ1n) is 9.04. The summed E-state index contributed by atoms with van der Waals surface area (Å²) in [5.74, 6) is 1.15. The van der Waals surface area contributed by atoms with Gasteiger partial charge >= 0.3 is 0 Å². The lowest BCUT2D eigenvalue weighted by atomic mass is 10.2. The molecule has 0 bridgehead atoms. The van der Waals surface area contributed by atoms with E-state index in [1.807, 2.05) is 42.5 Å². The van der Waals surface area contributed by atoms with E-state index in [0.717, 1.165) is 17.0 Å². The van der Waals surface area contributed by atoms with E-state index in [1.165, 1.54) is 10.4 Å². The molecule has 0 aliphatic carbocycles. The number of rotatable bonds is 7. The molecule has 7 heteroatoms. The zero-order valence-electron chi connectivity index (χ0n) is 16.6. The maximum atomic E-state index is 12.7. The zero-order chi connectivity index (χ0) is 20.3.